The molecule has 1 heterocycles. The molecule has 3 nitrogen and oxygen atoms in total. The van der Waals surface area contributed by atoms with Gasteiger partial charge in [-0.15, -0.1) is 0 Å². The first kappa shape index (κ1) is 11.6. The summed E-state index contributed by atoms with van der Waals surface area (Å²) >= 11 is 0. The average Bonchev–Trinajstić information content (AvgIpc) is 3.30. The lowest BCUT2D eigenvalue weighted by Gasteiger charge is -2.09. The van der Waals surface area contributed by atoms with E-state index >= 15 is 0 Å². The Morgan fingerprint density at radius 2 is 1.95 bits per heavy atom. The molecule has 1 aromatic carbocycles. The van der Waals surface area contributed by atoms with Crippen LogP contribution in [0.1, 0.15) is 37.2 Å². The first-order valence-electron chi connectivity index (χ1n) is 7.53. The lowest BCUT2D eigenvalue weighted by molar-refractivity contribution is 0.297. The number of ether oxygens (including phenoxy) is 2. The summed E-state index contributed by atoms with van der Waals surface area (Å²) in [6, 6.07) is 7.32. The molecular weight excluding hydrogens is 238 g/mol. The standard InChI is InChI=1S/C16H21NO2/c1-6-18-15-5-2-11(9-16(15)19-7-1)14-8-12(14)10-17-13-3-4-13/h2,5,9,12-14,17H,1,3-4,6-8,10H2. The molecule has 0 saturated heterocycles. The van der Waals surface area contributed by atoms with Crippen molar-refractivity contribution in [1.82, 2.24) is 5.32 Å². The Morgan fingerprint density at radius 1 is 1.11 bits per heavy atom. The Labute approximate surface area is 114 Å². The molecule has 4 rings (SSSR count). The van der Waals surface area contributed by atoms with E-state index in [-0.39, 0.29) is 0 Å². The van der Waals surface area contributed by atoms with Gasteiger partial charge in [-0.3, -0.25) is 0 Å². The van der Waals surface area contributed by atoms with Crippen LogP contribution in [-0.2, 0) is 0 Å². The van der Waals surface area contributed by atoms with Crippen molar-refractivity contribution >= 4 is 0 Å². The molecule has 2 unspecified atom stereocenters. The normalized spacial score (nSPS) is 28.8. The predicted octanol–water partition coefficient (Wildman–Crippen LogP) is 2.70. The van der Waals surface area contributed by atoms with Crippen molar-refractivity contribution in [2.24, 2.45) is 5.92 Å². The van der Waals surface area contributed by atoms with E-state index in [1.807, 2.05) is 0 Å². The molecule has 3 heteroatoms. The van der Waals surface area contributed by atoms with E-state index in [4.69, 9.17) is 9.47 Å². The molecule has 2 fully saturated rings. The van der Waals surface area contributed by atoms with E-state index in [1.165, 1.54) is 31.4 Å². The largest absolute Gasteiger partial charge is 0.490 e. The van der Waals surface area contributed by atoms with Gasteiger partial charge in [0.15, 0.2) is 11.5 Å². The average molecular weight is 259 g/mol. The maximum absolute atomic E-state index is 5.77. The SMILES string of the molecule is c1cc2c(cc1C1CC1CNC1CC1)OCCCO2. The topological polar surface area (TPSA) is 30.5 Å². The van der Waals surface area contributed by atoms with Gasteiger partial charge in [0.05, 0.1) is 13.2 Å². The minimum atomic E-state index is 0.725. The Morgan fingerprint density at radius 3 is 2.79 bits per heavy atom. The van der Waals surface area contributed by atoms with Crippen LogP contribution in [0.25, 0.3) is 0 Å². The number of hydrogen-bond acceptors (Lipinski definition) is 3. The highest BCUT2D eigenvalue weighted by Gasteiger charge is 2.39. The third-order valence-corrected chi connectivity index (χ3v) is 4.37. The summed E-state index contributed by atoms with van der Waals surface area (Å²) in [5.74, 6) is 3.40. The molecule has 2 atom stereocenters. The van der Waals surface area contributed by atoms with E-state index in [2.05, 4.69) is 23.5 Å². The van der Waals surface area contributed by atoms with Crippen LogP contribution < -0.4 is 14.8 Å². The number of hydrogen-bond donors (Lipinski definition) is 1. The van der Waals surface area contributed by atoms with Crippen molar-refractivity contribution in [2.45, 2.75) is 37.6 Å². The fourth-order valence-corrected chi connectivity index (χ4v) is 2.90. The first-order valence-corrected chi connectivity index (χ1v) is 7.53. The van der Waals surface area contributed by atoms with Gasteiger partial charge in [-0.05, 0) is 55.3 Å². The van der Waals surface area contributed by atoms with Crippen molar-refractivity contribution in [1.29, 1.82) is 0 Å². The van der Waals surface area contributed by atoms with Crippen LogP contribution in [0.2, 0.25) is 0 Å². The Kier molecular flexibility index (Phi) is 2.87. The van der Waals surface area contributed by atoms with Crippen LogP contribution in [-0.4, -0.2) is 25.8 Å². The van der Waals surface area contributed by atoms with Gasteiger partial charge in [0, 0.05) is 12.5 Å². The molecule has 0 bridgehead atoms. The van der Waals surface area contributed by atoms with Crippen molar-refractivity contribution < 1.29 is 9.47 Å². The van der Waals surface area contributed by atoms with Gasteiger partial charge in [-0.25, -0.2) is 0 Å². The third kappa shape index (κ3) is 2.57. The zero-order valence-corrected chi connectivity index (χ0v) is 11.2. The van der Waals surface area contributed by atoms with Crippen LogP contribution in [0.5, 0.6) is 11.5 Å². The quantitative estimate of drug-likeness (QED) is 0.902. The van der Waals surface area contributed by atoms with Crippen LogP contribution in [0.15, 0.2) is 18.2 Å². The minimum Gasteiger partial charge on any atom is -0.490 e. The first-order chi connectivity index (χ1) is 9.40. The Balaban J connectivity index is 1.42. The van der Waals surface area contributed by atoms with Crippen LogP contribution >= 0.6 is 0 Å². The summed E-state index contributed by atoms with van der Waals surface area (Å²) in [7, 11) is 0. The molecule has 3 aliphatic rings. The van der Waals surface area contributed by atoms with Crippen LogP contribution in [0, 0.1) is 5.92 Å². The maximum Gasteiger partial charge on any atom is 0.161 e. The van der Waals surface area contributed by atoms with Gasteiger partial charge in [-0.1, -0.05) is 6.07 Å². The van der Waals surface area contributed by atoms with Crippen LogP contribution in [0.4, 0.5) is 0 Å². The van der Waals surface area contributed by atoms with Gasteiger partial charge in [0.2, 0.25) is 0 Å². The van der Waals surface area contributed by atoms with E-state index < -0.39 is 0 Å². The molecule has 102 valence electrons. The molecule has 0 aromatic heterocycles. The van der Waals surface area contributed by atoms with Gasteiger partial charge in [0.25, 0.3) is 0 Å². The van der Waals surface area contributed by atoms with E-state index in [1.54, 1.807) is 0 Å². The van der Waals surface area contributed by atoms with Gasteiger partial charge in [0.1, 0.15) is 0 Å². The molecular formula is C16H21NO2. The summed E-state index contributed by atoms with van der Waals surface area (Å²) in [5, 5.41) is 3.63. The summed E-state index contributed by atoms with van der Waals surface area (Å²) < 4.78 is 11.5. The second-order valence-electron chi connectivity index (χ2n) is 6.04. The van der Waals surface area contributed by atoms with Crippen molar-refractivity contribution in [2.75, 3.05) is 19.8 Å². The van der Waals surface area contributed by atoms with Crippen molar-refractivity contribution in [3.05, 3.63) is 23.8 Å². The predicted molar refractivity (Wildman–Crippen MR) is 73.9 cm³/mol. The summed E-state index contributed by atoms with van der Waals surface area (Å²) in [5.41, 5.74) is 1.42. The molecule has 2 aliphatic carbocycles. The second kappa shape index (κ2) is 4.71. The highest BCUT2D eigenvalue weighted by molar-refractivity contribution is 5.45. The number of nitrogens with one attached hydrogen (secondary N) is 1. The summed E-state index contributed by atoms with van der Waals surface area (Å²) in [4.78, 5) is 0. The lowest BCUT2D eigenvalue weighted by atomic mass is 10.1. The molecule has 1 aromatic rings. The summed E-state index contributed by atoms with van der Waals surface area (Å²) in [6.07, 6.45) is 5.05. The molecule has 0 amide bonds. The molecule has 0 radical (unpaired) electrons. The van der Waals surface area contributed by atoms with Crippen LogP contribution in [0.3, 0.4) is 0 Å². The highest BCUT2D eigenvalue weighted by atomic mass is 16.5. The minimum absolute atomic E-state index is 0.725. The smallest absolute Gasteiger partial charge is 0.161 e. The fourth-order valence-electron chi connectivity index (χ4n) is 2.90. The summed E-state index contributed by atoms with van der Waals surface area (Å²) in [6.45, 7) is 2.72. The molecule has 19 heavy (non-hydrogen) atoms. The van der Waals surface area contributed by atoms with Gasteiger partial charge >= 0.3 is 0 Å². The molecule has 2 saturated carbocycles. The maximum atomic E-state index is 5.77. The monoisotopic (exact) mass is 259 g/mol. The Bertz CT molecular complexity index is 470. The third-order valence-electron chi connectivity index (χ3n) is 4.37. The van der Waals surface area contributed by atoms with E-state index in [0.717, 1.165) is 49.0 Å². The molecule has 1 N–H and O–H groups in total. The zero-order chi connectivity index (χ0) is 12.7. The van der Waals surface area contributed by atoms with E-state index in [0.29, 0.717) is 0 Å². The number of rotatable bonds is 4. The molecule has 0 spiro atoms. The van der Waals surface area contributed by atoms with E-state index in [9.17, 15) is 0 Å². The number of benzene rings is 1. The fraction of sp³-hybridized carbons (Fsp3) is 0.625. The second-order valence-corrected chi connectivity index (χ2v) is 6.04. The number of fused-ring (bicyclic) bond motifs is 1. The van der Waals surface area contributed by atoms with Crippen molar-refractivity contribution in [3.8, 4) is 11.5 Å². The van der Waals surface area contributed by atoms with Crippen molar-refractivity contribution in [3.63, 3.8) is 0 Å². The lowest BCUT2D eigenvalue weighted by Crippen LogP contribution is -2.19. The zero-order valence-electron chi connectivity index (χ0n) is 11.2. The highest BCUT2D eigenvalue weighted by Crippen LogP contribution is 2.49. The van der Waals surface area contributed by atoms with Gasteiger partial charge < -0.3 is 14.8 Å². The Hall–Kier alpha value is -1.22. The van der Waals surface area contributed by atoms with Gasteiger partial charge in [-0.2, -0.15) is 0 Å². The molecule has 1 aliphatic heterocycles.